The van der Waals surface area contributed by atoms with Crippen LogP contribution in [0.5, 0.6) is 0 Å². The Kier molecular flexibility index (Phi) is 10.4. The predicted octanol–water partition coefficient (Wildman–Crippen LogP) is 5.93. The Bertz CT molecular complexity index is 1450. The largest absolute Gasteiger partial charge is 0.379 e. The highest BCUT2D eigenvalue weighted by atomic mass is 35.5. The zero-order valence-electron chi connectivity index (χ0n) is 21.6. The summed E-state index contributed by atoms with van der Waals surface area (Å²) in [7, 11) is -3.66. The van der Waals surface area contributed by atoms with Crippen molar-refractivity contribution in [3.8, 4) is 22.4 Å². The van der Waals surface area contributed by atoms with Gasteiger partial charge in [-0.2, -0.15) is 0 Å². The van der Waals surface area contributed by atoms with E-state index in [-0.39, 0.29) is 18.0 Å². The maximum absolute atomic E-state index is 12.6. The summed E-state index contributed by atoms with van der Waals surface area (Å²) < 4.78 is 38.4. The summed E-state index contributed by atoms with van der Waals surface area (Å²) >= 11 is 6.45. The Labute approximate surface area is 234 Å². The number of sulfonamides is 1. The smallest absolute Gasteiger partial charge is 0.240 e. The van der Waals surface area contributed by atoms with Gasteiger partial charge in [0.15, 0.2) is 0 Å². The van der Waals surface area contributed by atoms with Crippen molar-refractivity contribution >= 4 is 33.3 Å². The quantitative estimate of drug-likeness (QED) is 0.182. The Morgan fingerprint density at radius 1 is 0.821 bits per heavy atom. The van der Waals surface area contributed by atoms with Gasteiger partial charge >= 0.3 is 0 Å². The molecule has 10 heteroatoms. The number of halogens is 1. The van der Waals surface area contributed by atoms with Crippen molar-refractivity contribution in [3.05, 3.63) is 90.1 Å². The molecule has 8 nitrogen and oxygen atoms in total. The second-order valence-corrected chi connectivity index (χ2v) is 10.8. The Morgan fingerprint density at radius 2 is 1.51 bits per heavy atom. The van der Waals surface area contributed by atoms with E-state index in [2.05, 4.69) is 20.0 Å². The molecule has 2 N–H and O–H groups in total. The molecule has 1 heterocycles. The SMILES string of the molecule is CCCOCCOCCNS(=O)(=O)c1ccc(Nc2ncc(Cl)c(-c3cccc(-c4ccccc4)c3)n2)cc1. The number of anilines is 2. The molecular formula is C29H31ClN4O4S. The van der Waals surface area contributed by atoms with Crippen LogP contribution in [0.3, 0.4) is 0 Å². The molecular weight excluding hydrogens is 536 g/mol. The first-order chi connectivity index (χ1) is 19.0. The van der Waals surface area contributed by atoms with Crippen LogP contribution in [0.4, 0.5) is 11.6 Å². The highest BCUT2D eigenvalue weighted by molar-refractivity contribution is 7.89. The number of nitrogens with zero attached hydrogens (tertiary/aromatic N) is 2. The molecule has 0 atom stereocenters. The predicted molar refractivity (Wildman–Crippen MR) is 155 cm³/mol. The molecule has 0 unspecified atom stereocenters. The molecule has 0 amide bonds. The number of benzene rings is 3. The zero-order chi connectivity index (χ0) is 27.5. The van der Waals surface area contributed by atoms with Gasteiger partial charge in [0.2, 0.25) is 16.0 Å². The second-order valence-electron chi connectivity index (χ2n) is 8.61. The van der Waals surface area contributed by atoms with Gasteiger partial charge in [-0.25, -0.2) is 23.1 Å². The molecule has 0 radical (unpaired) electrons. The zero-order valence-corrected chi connectivity index (χ0v) is 23.2. The van der Waals surface area contributed by atoms with Crippen LogP contribution in [0.25, 0.3) is 22.4 Å². The maximum atomic E-state index is 12.6. The van der Waals surface area contributed by atoms with E-state index in [1.807, 2.05) is 61.5 Å². The van der Waals surface area contributed by atoms with Gasteiger partial charge in [0.05, 0.1) is 41.6 Å². The lowest BCUT2D eigenvalue weighted by Gasteiger charge is -2.11. The van der Waals surface area contributed by atoms with Crippen molar-refractivity contribution < 1.29 is 17.9 Å². The molecule has 0 aliphatic rings. The minimum absolute atomic E-state index is 0.148. The molecule has 0 saturated heterocycles. The summed E-state index contributed by atoms with van der Waals surface area (Å²) in [4.78, 5) is 9.05. The normalized spacial score (nSPS) is 11.4. The summed E-state index contributed by atoms with van der Waals surface area (Å²) in [6, 6.07) is 24.4. The van der Waals surface area contributed by atoms with E-state index in [1.165, 1.54) is 12.1 Å². The molecule has 4 rings (SSSR count). The van der Waals surface area contributed by atoms with Crippen LogP contribution >= 0.6 is 11.6 Å². The first kappa shape index (κ1) is 28.7. The fraction of sp³-hybridized carbons (Fsp3) is 0.241. The van der Waals surface area contributed by atoms with Gasteiger partial charge in [-0.05, 0) is 47.9 Å². The standard InChI is InChI=1S/C29H31ClN4O4S/c1-2-16-37-18-19-38-17-15-32-39(35,36)26-13-11-25(12-14-26)33-29-31-21-27(30)28(34-29)24-10-6-9-23(20-24)22-7-4-3-5-8-22/h3-14,20-21,32H,2,15-19H2,1H3,(H,31,33,34). The topological polar surface area (TPSA) is 102 Å². The fourth-order valence-electron chi connectivity index (χ4n) is 3.75. The Hall–Kier alpha value is -3.34. The van der Waals surface area contributed by atoms with Gasteiger partial charge < -0.3 is 14.8 Å². The molecule has 0 bridgehead atoms. The first-order valence-corrected chi connectivity index (χ1v) is 14.5. The molecule has 204 valence electrons. The molecule has 4 aromatic rings. The van der Waals surface area contributed by atoms with Crippen LogP contribution in [-0.4, -0.2) is 51.4 Å². The lowest BCUT2D eigenvalue weighted by atomic mass is 10.0. The molecule has 0 spiro atoms. The van der Waals surface area contributed by atoms with Crippen LogP contribution in [0.2, 0.25) is 5.02 Å². The highest BCUT2D eigenvalue weighted by Crippen LogP contribution is 2.30. The fourth-order valence-corrected chi connectivity index (χ4v) is 4.96. The van der Waals surface area contributed by atoms with Gasteiger partial charge in [-0.1, -0.05) is 67.1 Å². The number of rotatable bonds is 14. The van der Waals surface area contributed by atoms with E-state index in [0.717, 1.165) is 23.1 Å². The second kappa shape index (κ2) is 14.2. The third-order valence-corrected chi connectivity index (χ3v) is 7.42. The van der Waals surface area contributed by atoms with Crippen molar-refractivity contribution in [1.82, 2.24) is 14.7 Å². The van der Waals surface area contributed by atoms with E-state index in [9.17, 15) is 8.42 Å². The average Bonchev–Trinajstić information content (AvgIpc) is 2.96. The van der Waals surface area contributed by atoms with E-state index < -0.39 is 10.0 Å². The molecule has 0 aliphatic heterocycles. The van der Waals surface area contributed by atoms with Crippen LogP contribution in [0.15, 0.2) is 90.0 Å². The number of aromatic nitrogens is 2. The van der Waals surface area contributed by atoms with Crippen LogP contribution < -0.4 is 10.0 Å². The van der Waals surface area contributed by atoms with Crippen molar-refractivity contribution in [2.45, 2.75) is 18.2 Å². The number of ether oxygens (including phenoxy) is 2. The lowest BCUT2D eigenvalue weighted by molar-refractivity contribution is 0.0502. The van der Waals surface area contributed by atoms with Gasteiger partial charge in [-0.3, -0.25) is 0 Å². The minimum Gasteiger partial charge on any atom is -0.379 e. The van der Waals surface area contributed by atoms with E-state index in [1.54, 1.807) is 18.3 Å². The summed E-state index contributed by atoms with van der Waals surface area (Å²) in [6.45, 7) is 4.08. The monoisotopic (exact) mass is 566 g/mol. The summed E-state index contributed by atoms with van der Waals surface area (Å²) in [5.41, 5.74) is 4.23. The summed E-state index contributed by atoms with van der Waals surface area (Å²) in [5.74, 6) is 0.341. The van der Waals surface area contributed by atoms with Crippen molar-refractivity contribution in [2.24, 2.45) is 0 Å². The number of nitrogens with one attached hydrogen (secondary N) is 2. The Morgan fingerprint density at radius 3 is 2.26 bits per heavy atom. The van der Waals surface area contributed by atoms with Gasteiger partial charge in [0.1, 0.15) is 0 Å². The van der Waals surface area contributed by atoms with Crippen LogP contribution in [0.1, 0.15) is 13.3 Å². The van der Waals surface area contributed by atoms with Gasteiger partial charge in [-0.15, -0.1) is 0 Å². The van der Waals surface area contributed by atoms with Crippen LogP contribution in [0, 0.1) is 0 Å². The van der Waals surface area contributed by atoms with Gasteiger partial charge in [0, 0.05) is 24.4 Å². The molecule has 0 fully saturated rings. The molecule has 0 saturated carbocycles. The van der Waals surface area contributed by atoms with Gasteiger partial charge in [0.25, 0.3) is 0 Å². The highest BCUT2D eigenvalue weighted by Gasteiger charge is 2.14. The van der Waals surface area contributed by atoms with Crippen molar-refractivity contribution in [2.75, 3.05) is 38.3 Å². The number of hydrogen-bond donors (Lipinski definition) is 2. The summed E-state index contributed by atoms with van der Waals surface area (Å²) in [5, 5.41) is 3.55. The lowest BCUT2D eigenvalue weighted by Crippen LogP contribution is -2.27. The third kappa shape index (κ3) is 8.32. The van der Waals surface area contributed by atoms with E-state index in [4.69, 9.17) is 21.1 Å². The van der Waals surface area contributed by atoms with E-state index >= 15 is 0 Å². The third-order valence-electron chi connectivity index (χ3n) is 5.67. The summed E-state index contributed by atoms with van der Waals surface area (Å²) in [6.07, 6.45) is 2.49. The van der Waals surface area contributed by atoms with E-state index in [0.29, 0.717) is 42.2 Å². The maximum Gasteiger partial charge on any atom is 0.240 e. The number of hydrogen-bond acceptors (Lipinski definition) is 7. The molecule has 3 aromatic carbocycles. The first-order valence-electron chi connectivity index (χ1n) is 12.7. The van der Waals surface area contributed by atoms with Crippen molar-refractivity contribution in [1.29, 1.82) is 0 Å². The van der Waals surface area contributed by atoms with Crippen LogP contribution in [-0.2, 0) is 19.5 Å². The Balaban J connectivity index is 1.38. The molecule has 0 aliphatic carbocycles. The van der Waals surface area contributed by atoms with Crippen molar-refractivity contribution in [3.63, 3.8) is 0 Å². The average molecular weight is 567 g/mol. The minimum atomic E-state index is -3.66. The molecule has 39 heavy (non-hydrogen) atoms. The molecule has 1 aromatic heterocycles.